The van der Waals surface area contributed by atoms with E-state index in [1.54, 1.807) is 0 Å². The summed E-state index contributed by atoms with van der Waals surface area (Å²) in [5.74, 6) is 0. The number of benzene rings is 10. The van der Waals surface area contributed by atoms with Crippen LogP contribution in [0.1, 0.15) is 0 Å². The van der Waals surface area contributed by atoms with E-state index in [1.165, 1.54) is 92.3 Å². The SMILES string of the molecule is c1ccc(-c2ccc(-c3ccc(N(c4ccc(-c5ccc(-c6cccc(-c7ccc8ccccc8c7)c6)cc5)cc4)c4cccc5c4sc4ccccc45)cc3)cc2)cc1. The smallest absolute Gasteiger partial charge is 0.0640 e. The van der Waals surface area contributed by atoms with Gasteiger partial charge >= 0.3 is 0 Å². The van der Waals surface area contributed by atoms with Crippen molar-refractivity contribution >= 4 is 59.3 Å². The van der Waals surface area contributed by atoms with Crippen LogP contribution in [0.15, 0.2) is 237 Å². The highest BCUT2D eigenvalue weighted by molar-refractivity contribution is 7.26. The summed E-state index contributed by atoms with van der Waals surface area (Å²) in [5, 5.41) is 5.11. The zero-order valence-electron chi connectivity index (χ0n) is 32.9. The highest BCUT2D eigenvalue weighted by Gasteiger charge is 2.18. The molecular formula is C58H39NS. The van der Waals surface area contributed by atoms with Crippen molar-refractivity contribution in [1.29, 1.82) is 0 Å². The molecule has 11 rings (SSSR count). The first-order valence-corrected chi connectivity index (χ1v) is 21.3. The molecule has 0 saturated heterocycles. The van der Waals surface area contributed by atoms with Crippen molar-refractivity contribution in [2.75, 3.05) is 4.90 Å². The van der Waals surface area contributed by atoms with Crippen LogP contribution in [0, 0.1) is 0 Å². The highest BCUT2D eigenvalue weighted by Crippen LogP contribution is 2.45. The van der Waals surface area contributed by atoms with Crippen molar-refractivity contribution < 1.29 is 0 Å². The van der Waals surface area contributed by atoms with E-state index < -0.39 is 0 Å². The highest BCUT2D eigenvalue weighted by atomic mass is 32.1. The molecule has 0 bridgehead atoms. The third kappa shape index (κ3) is 6.73. The molecule has 10 aromatic carbocycles. The van der Waals surface area contributed by atoms with Crippen LogP contribution < -0.4 is 4.90 Å². The molecule has 11 aromatic rings. The minimum atomic E-state index is 1.12. The summed E-state index contributed by atoms with van der Waals surface area (Å²) < 4.78 is 2.58. The Balaban J connectivity index is 0.911. The fourth-order valence-corrected chi connectivity index (χ4v) is 9.74. The Morgan fingerprint density at radius 1 is 0.267 bits per heavy atom. The molecule has 0 saturated carbocycles. The Kier molecular flexibility index (Phi) is 9.11. The number of thiophene rings is 1. The van der Waals surface area contributed by atoms with Crippen LogP contribution in [0.25, 0.3) is 86.6 Å². The molecule has 60 heavy (non-hydrogen) atoms. The van der Waals surface area contributed by atoms with E-state index in [-0.39, 0.29) is 0 Å². The summed E-state index contributed by atoms with van der Waals surface area (Å²) in [7, 11) is 0. The van der Waals surface area contributed by atoms with Crippen LogP contribution in [-0.4, -0.2) is 0 Å². The molecule has 0 unspecified atom stereocenters. The maximum absolute atomic E-state index is 2.41. The first-order valence-electron chi connectivity index (χ1n) is 20.5. The van der Waals surface area contributed by atoms with E-state index in [0.717, 1.165) is 11.4 Å². The summed E-state index contributed by atoms with van der Waals surface area (Å²) in [6.07, 6.45) is 0. The quantitative estimate of drug-likeness (QED) is 0.148. The predicted molar refractivity (Wildman–Crippen MR) is 259 cm³/mol. The van der Waals surface area contributed by atoms with E-state index >= 15 is 0 Å². The minimum absolute atomic E-state index is 1.12. The van der Waals surface area contributed by atoms with Crippen molar-refractivity contribution in [3.63, 3.8) is 0 Å². The molecule has 0 fully saturated rings. The van der Waals surface area contributed by atoms with Crippen LogP contribution >= 0.6 is 11.3 Å². The average molecular weight is 782 g/mol. The lowest BCUT2D eigenvalue weighted by Crippen LogP contribution is -2.10. The molecule has 0 amide bonds. The zero-order valence-corrected chi connectivity index (χ0v) is 33.7. The van der Waals surface area contributed by atoms with E-state index in [1.807, 2.05) is 11.3 Å². The number of rotatable bonds is 8. The van der Waals surface area contributed by atoms with Gasteiger partial charge in [-0.15, -0.1) is 11.3 Å². The Bertz CT molecular complexity index is 3270. The Morgan fingerprint density at radius 3 is 1.32 bits per heavy atom. The van der Waals surface area contributed by atoms with Crippen molar-refractivity contribution in [2.24, 2.45) is 0 Å². The van der Waals surface area contributed by atoms with E-state index in [9.17, 15) is 0 Å². The van der Waals surface area contributed by atoms with E-state index in [0.29, 0.717) is 0 Å². The number of fused-ring (bicyclic) bond motifs is 4. The number of hydrogen-bond acceptors (Lipinski definition) is 2. The normalized spacial score (nSPS) is 11.3. The van der Waals surface area contributed by atoms with Crippen molar-refractivity contribution in [2.45, 2.75) is 0 Å². The van der Waals surface area contributed by atoms with Gasteiger partial charge in [0.05, 0.1) is 10.4 Å². The maximum Gasteiger partial charge on any atom is 0.0640 e. The van der Waals surface area contributed by atoms with E-state index in [2.05, 4.69) is 241 Å². The molecule has 0 spiro atoms. The Labute approximate surface area is 354 Å². The maximum atomic E-state index is 2.41. The van der Waals surface area contributed by atoms with Crippen LogP contribution in [0.4, 0.5) is 17.1 Å². The van der Waals surface area contributed by atoms with Crippen molar-refractivity contribution in [3.05, 3.63) is 237 Å². The van der Waals surface area contributed by atoms with Crippen LogP contribution in [0.2, 0.25) is 0 Å². The minimum Gasteiger partial charge on any atom is -0.309 e. The molecule has 282 valence electrons. The Morgan fingerprint density at radius 2 is 0.683 bits per heavy atom. The second-order valence-electron chi connectivity index (χ2n) is 15.3. The fraction of sp³-hybridized carbons (Fsp3) is 0. The number of nitrogens with zero attached hydrogens (tertiary/aromatic N) is 1. The molecular weight excluding hydrogens is 743 g/mol. The molecule has 0 aliphatic rings. The van der Waals surface area contributed by atoms with Crippen LogP contribution in [0.3, 0.4) is 0 Å². The Hall–Kier alpha value is -7.52. The van der Waals surface area contributed by atoms with Gasteiger partial charge < -0.3 is 4.90 Å². The topological polar surface area (TPSA) is 3.24 Å². The second-order valence-corrected chi connectivity index (χ2v) is 16.4. The summed E-state index contributed by atoms with van der Waals surface area (Å²) in [6.45, 7) is 0. The first-order chi connectivity index (χ1) is 29.7. The van der Waals surface area contributed by atoms with Crippen LogP contribution in [0.5, 0.6) is 0 Å². The molecule has 0 aliphatic heterocycles. The van der Waals surface area contributed by atoms with Crippen molar-refractivity contribution in [3.8, 4) is 55.6 Å². The van der Waals surface area contributed by atoms with Gasteiger partial charge in [0, 0.05) is 26.8 Å². The third-order valence-corrected chi connectivity index (χ3v) is 12.9. The molecule has 0 N–H and O–H groups in total. The van der Waals surface area contributed by atoms with Gasteiger partial charge in [0.15, 0.2) is 0 Å². The monoisotopic (exact) mass is 781 g/mol. The predicted octanol–water partition coefficient (Wildman–Crippen LogP) is 17.0. The molecule has 0 radical (unpaired) electrons. The van der Waals surface area contributed by atoms with Gasteiger partial charge in [-0.1, -0.05) is 188 Å². The van der Waals surface area contributed by atoms with E-state index in [4.69, 9.17) is 0 Å². The van der Waals surface area contributed by atoms with Gasteiger partial charge in [-0.3, -0.25) is 0 Å². The molecule has 1 heterocycles. The van der Waals surface area contributed by atoms with Gasteiger partial charge in [0.25, 0.3) is 0 Å². The summed E-state index contributed by atoms with van der Waals surface area (Å²) >= 11 is 1.86. The summed E-state index contributed by atoms with van der Waals surface area (Å²) in [4.78, 5) is 2.41. The first kappa shape index (κ1) is 35.6. The fourth-order valence-electron chi connectivity index (χ4n) is 8.53. The van der Waals surface area contributed by atoms with Crippen molar-refractivity contribution in [1.82, 2.24) is 0 Å². The lowest BCUT2D eigenvalue weighted by Gasteiger charge is -2.26. The summed E-state index contributed by atoms with van der Waals surface area (Å²) in [5.41, 5.74) is 15.5. The number of anilines is 3. The lowest BCUT2D eigenvalue weighted by molar-refractivity contribution is 1.30. The number of hydrogen-bond donors (Lipinski definition) is 0. The van der Waals surface area contributed by atoms with Gasteiger partial charge in [-0.2, -0.15) is 0 Å². The van der Waals surface area contributed by atoms with Gasteiger partial charge in [0.2, 0.25) is 0 Å². The lowest BCUT2D eigenvalue weighted by atomic mass is 9.96. The molecule has 2 heteroatoms. The van der Waals surface area contributed by atoms with Crippen LogP contribution in [-0.2, 0) is 0 Å². The van der Waals surface area contributed by atoms with Gasteiger partial charge in [-0.25, -0.2) is 0 Å². The van der Waals surface area contributed by atoms with Gasteiger partial charge in [-0.05, 0) is 115 Å². The molecule has 0 atom stereocenters. The average Bonchev–Trinajstić information content (AvgIpc) is 3.72. The molecule has 0 aliphatic carbocycles. The molecule has 1 aromatic heterocycles. The largest absolute Gasteiger partial charge is 0.309 e. The van der Waals surface area contributed by atoms with Gasteiger partial charge in [0.1, 0.15) is 0 Å². The second kappa shape index (κ2) is 15.3. The standard InChI is InChI=1S/C58H39NS/c1-2-10-40(11-3-1)42-20-22-43(23-21-42)45-30-34-52(35-31-45)59(56-18-9-17-55-54-16-6-7-19-57(54)60-58(55)56)53-36-32-46(33-37-53)44-24-26-47(27-25-44)49-14-8-15-50(38-49)51-29-28-41-12-4-5-13-48(41)39-51/h1-39H. The third-order valence-electron chi connectivity index (χ3n) is 11.7. The summed E-state index contributed by atoms with van der Waals surface area (Å²) in [6, 6.07) is 86.0. The zero-order chi connectivity index (χ0) is 39.8. The molecule has 1 nitrogen and oxygen atoms in total.